The van der Waals surface area contributed by atoms with E-state index in [0.717, 1.165) is 32.5 Å². The number of ether oxygens (including phenoxy) is 3. The Labute approximate surface area is 201 Å². The molecule has 4 aromatic rings. The van der Waals surface area contributed by atoms with Crippen molar-refractivity contribution in [3.63, 3.8) is 0 Å². The number of rotatable bonds is 8. The molecule has 0 unspecified atom stereocenters. The van der Waals surface area contributed by atoms with E-state index >= 15 is 0 Å². The number of nitrogens with zero attached hydrogens (tertiary/aromatic N) is 1. The van der Waals surface area contributed by atoms with Gasteiger partial charge in [-0.25, -0.2) is 9.78 Å². The number of aromatic nitrogens is 1. The molecule has 0 bridgehead atoms. The number of carbonyl (C=O) groups is 1. The quantitative estimate of drug-likeness (QED) is 0.202. The van der Waals surface area contributed by atoms with Crippen LogP contribution in [0.2, 0.25) is 5.15 Å². The molecule has 170 valence electrons. The van der Waals surface area contributed by atoms with E-state index in [2.05, 4.69) is 36.2 Å². The smallest absolute Gasteiger partial charge is 0.341 e. The molecular formula is C26H24ClNO4S. The van der Waals surface area contributed by atoms with Crippen LogP contribution in [0.25, 0.3) is 10.1 Å². The molecule has 2 aromatic heterocycles. The van der Waals surface area contributed by atoms with Gasteiger partial charge in [-0.05, 0) is 49.4 Å². The van der Waals surface area contributed by atoms with E-state index < -0.39 is 5.97 Å². The molecule has 7 heteroatoms. The van der Waals surface area contributed by atoms with Crippen LogP contribution in [0, 0.1) is 13.8 Å². The van der Waals surface area contributed by atoms with Crippen LogP contribution in [0.4, 0.5) is 0 Å². The van der Waals surface area contributed by atoms with Gasteiger partial charge in [0.05, 0.1) is 16.9 Å². The molecule has 5 nitrogen and oxygen atoms in total. The van der Waals surface area contributed by atoms with Gasteiger partial charge in [-0.15, -0.1) is 11.3 Å². The zero-order valence-corrected chi connectivity index (χ0v) is 20.3. The van der Waals surface area contributed by atoms with E-state index in [1.54, 1.807) is 6.92 Å². The van der Waals surface area contributed by atoms with Crippen LogP contribution in [-0.4, -0.2) is 17.6 Å². The van der Waals surface area contributed by atoms with Crippen molar-refractivity contribution in [1.29, 1.82) is 0 Å². The molecule has 0 saturated heterocycles. The highest BCUT2D eigenvalue weighted by atomic mass is 35.5. The van der Waals surface area contributed by atoms with Crippen molar-refractivity contribution in [2.75, 3.05) is 6.61 Å². The average molecular weight is 482 g/mol. The first-order chi connectivity index (χ1) is 15.9. The van der Waals surface area contributed by atoms with Gasteiger partial charge in [0, 0.05) is 23.2 Å². The Kier molecular flexibility index (Phi) is 7.16. The van der Waals surface area contributed by atoms with Crippen LogP contribution in [-0.2, 0) is 18.0 Å². The topological polar surface area (TPSA) is 57.7 Å². The molecule has 0 aliphatic carbocycles. The highest BCUT2D eigenvalue weighted by Crippen LogP contribution is 2.35. The van der Waals surface area contributed by atoms with Gasteiger partial charge in [0.2, 0.25) is 0 Å². The van der Waals surface area contributed by atoms with E-state index in [-0.39, 0.29) is 6.61 Å². The molecule has 0 aliphatic rings. The number of fused-ring (bicyclic) bond motifs is 1. The molecular weight excluding hydrogens is 458 g/mol. The van der Waals surface area contributed by atoms with Gasteiger partial charge in [-0.1, -0.05) is 41.4 Å². The lowest BCUT2D eigenvalue weighted by Crippen LogP contribution is -2.05. The number of halogens is 1. The van der Waals surface area contributed by atoms with Gasteiger partial charge >= 0.3 is 5.97 Å². The fourth-order valence-electron chi connectivity index (χ4n) is 3.42. The summed E-state index contributed by atoms with van der Waals surface area (Å²) in [6.45, 7) is 6.90. The molecule has 0 N–H and O–H groups in total. The minimum Gasteiger partial charge on any atom is -0.489 e. The molecule has 0 atom stereocenters. The predicted octanol–water partition coefficient (Wildman–Crippen LogP) is 6.90. The number of hydrogen-bond donors (Lipinski definition) is 0. The largest absolute Gasteiger partial charge is 0.489 e. The monoisotopic (exact) mass is 481 g/mol. The first-order valence-electron chi connectivity index (χ1n) is 10.6. The second-order valence-electron chi connectivity index (χ2n) is 7.69. The second kappa shape index (κ2) is 10.2. The lowest BCUT2D eigenvalue weighted by Gasteiger charge is -2.12. The normalized spacial score (nSPS) is 10.9. The molecule has 2 heterocycles. The van der Waals surface area contributed by atoms with E-state index in [4.69, 9.17) is 25.8 Å². The molecule has 33 heavy (non-hydrogen) atoms. The number of esters is 1. The summed E-state index contributed by atoms with van der Waals surface area (Å²) in [5.41, 5.74) is 4.63. The predicted molar refractivity (Wildman–Crippen MR) is 132 cm³/mol. The second-order valence-corrected chi connectivity index (χ2v) is 8.93. The Balaban J connectivity index is 1.50. The maximum atomic E-state index is 12.3. The Hall–Kier alpha value is -3.09. The number of pyridine rings is 1. The van der Waals surface area contributed by atoms with Gasteiger partial charge in [0.1, 0.15) is 29.9 Å². The van der Waals surface area contributed by atoms with Crippen molar-refractivity contribution in [2.45, 2.75) is 34.0 Å². The minimum atomic E-state index is -0.407. The summed E-state index contributed by atoms with van der Waals surface area (Å²) >= 11 is 7.79. The summed E-state index contributed by atoms with van der Waals surface area (Å²) in [6, 6.07) is 14.1. The number of hydrogen-bond acceptors (Lipinski definition) is 6. The molecule has 0 aliphatic heterocycles. The average Bonchev–Trinajstić information content (AvgIpc) is 3.22. The summed E-state index contributed by atoms with van der Waals surface area (Å²) in [5.74, 6) is 1.03. The first-order valence-corrected chi connectivity index (χ1v) is 11.8. The third-order valence-electron chi connectivity index (χ3n) is 5.07. The molecule has 0 spiro atoms. The van der Waals surface area contributed by atoms with Crippen LogP contribution >= 0.6 is 22.9 Å². The Morgan fingerprint density at radius 1 is 1.00 bits per heavy atom. The number of carbonyl (C=O) groups excluding carboxylic acids is 1. The third kappa shape index (κ3) is 5.46. The maximum Gasteiger partial charge on any atom is 0.341 e. The van der Waals surface area contributed by atoms with Crippen molar-refractivity contribution in [2.24, 2.45) is 0 Å². The summed E-state index contributed by atoms with van der Waals surface area (Å²) < 4.78 is 17.9. The van der Waals surface area contributed by atoms with Crippen LogP contribution in [0.5, 0.6) is 11.5 Å². The van der Waals surface area contributed by atoms with Crippen molar-refractivity contribution in [3.05, 3.63) is 87.0 Å². The molecule has 0 radical (unpaired) electrons. The molecule has 0 amide bonds. The highest BCUT2D eigenvalue weighted by Gasteiger charge is 2.19. The standard InChI is InChI=1S/C26H24ClNO4S/c1-4-30-26(29)22-12-28-25(27)23-19(15-33-24(22)23)14-32-21-10-17(3)9-20(11-21)31-13-18-7-5-16(2)6-8-18/h5-12,15H,4,13-14H2,1-3H3. The minimum absolute atomic E-state index is 0.286. The van der Waals surface area contributed by atoms with Crippen LogP contribution in [0.15, 0.2) is 54.0 Å². The number of benzene rings is 2. The molecule has 0 fully saturated rings. The van der Waals surface area contributed by atoms with Gasteiger partial charge in [0.25, 0.3) is 0 Å². The third-order valence-corrected chi connectivity index (χ3v) is 6.41. The Morgan fingerprint density at radius 3 is 2.39 bits per heavy atom. The Bertz CT molecular complexity index is 1280. The summed E-state index contributed by atoms with van der Waals surface area (Å²) in [6.07, 6.45) is 1.46. The lowest BCUT2D eigenvalue weighted by atomic mass is 10.1. The van der Waals surface area contributed by atoms with Gasteiger partial charge in [-0.3, -0.25) is 0 Å². The number of thiophene rings is 1. The SMILES string of the molecule is CCOC(=O)c1cnc(Cl)c2c(COc3cc(C)cc(OCc4ccc(C)cc4)c3)csc12. The fraction of sp³-hybridized carbons (Fsp3) is 0.231. The van der Waals surface area contributed by atoms with Crippen molar-refractivity contribution in [3.8, 4) is 11.5 Å². The van der Waals surface area contributed by atoms with Crippen molar-refractivity contribution in [1.82, 2.24) is 4.98 Å². The fourth-order valence-corrected chi connectivity index (χ4v) is 4.79. The zero-order chi connectivity index (χ0) is 23.4. The van der Waals surface area contributed by atoms with E-state index in [1.165, 1.54) is 23.1 Å². The highest BCUT2D eigenvalue weighted by molar-refractivity contribution is 7.17. The van der Waals surface area contributed by atoms with E-state index in [1.807, 2.05) is 30.5 Å². The summed E-state index contributed by atoms with van der Waals surface area (Å²) in [4.78, 5) is 16.5. The molecule has 2 aromatic carbocycles. The molecule has 4 rings (SSSR count). The summed E-state index contributed by atoms with van der Waals surface area (Å²) in [5, 5.41) is 2.99. The summed E-state index contributed by atoms with van der Waals surface area (Å²) in [7, 11) is 0. The number of aryl methyl sites for hydroxylation is 2. The van der Waals surface area contributed by atoms with E-state index in [9.17, 15) is 4.79 Å². The maximum absolute atomic E-state index is 12.3. The van der Waals surface area contributed by atoms with Gasteiger partial charge in [-0.2, -0.15) is 0 Å². The van der Waals surface area contributed by atoms with Crippen molar-refractivity contribution < 1.29 is 19.0 Å². The van der Waals surface area contributed by atoms with Crippen molar-refractivity contribution >= 4 is 39.0 Å². The first kappa shape index (κ1) is 23.1. The molecule has 0 saturated carbocycles. The zero-order valence-electron chi connectivity index (χ0n) is 18.7. The lowest BCUT2D eigenvalue weighted by molar-refractivity contribution is 0.0528. The van der Waals surface area contributed by atoms with Crippen LogP contribution in [0.1, 0.15) is 39.5 Å². The van der Waals surface area contributed by atoms with Crippen LogP contribution < -0.4 is 9.47 Å². The van der Waals surface area contributed by atoms with Gasteiger partial charge in [0.15, 0.2) is 0 Å². The van der Waals surface area contributed by atoms with E-state index in [0.29, 0.717) is 29.7 Å². The van der Waals surface area contributed by atoms with Crippen LogP contribution in [0.3, 0.4) is 0 Å². The van der Waals surface area contributed by atoms with Gasteiger partial charge < -0.3 is 14.2 Å². The Morgan fingerprint density at radius 2 is 1.70 bits per heavy atom.